The van der Waals surface area contributed by atoms with Crippen molar-refractivity contribution >= 4 is 11.9 Å². The standard InChI is InChI=1S/C20H24N4O/c1-16-4-2-5-17(14-16)15-24-13-8-20(18(24)25)6-11-23(12-7-20)19-21-9-3-10-22-19/h2-5,9-10,14H,6-8,11-13,15H2,1H3. The number of benzene rings is 1. The van der Waals surface area contributed by atoms with Crippen LogP contribution in [0.1, 0.15) is 30.4 Å². The van der Waals surface area contributed by atoms with Crippen molar-refractivity contribution in [3.8, 4) is 0 Å². The summed E-state index contributed by atoms with van der Waals surface area (Å²) in [6, 6.07) is 10.3. The molecule has 1 amide bonds. The van der Waals surface area contributed by atoms with E-state index in [1.165, 1.54) is 11.1 Å². The minimum Gasteiger partial charge on any atom is -0.341 e. The molecule has 5 heteroatoms. The number of nitrogens with zero attached hydrogens (tertiary/aromatic N) is 4. The van der Waals surface area contributed by atoms with Crippen LogP contribution in [0.25, 0.3) is 0 Å². The van der Waals surface area contributed by atoms with Crippen LogP contribution in [0.2, 0.25) is 0 Å². The Bertz CT molecular complexity index is 753. The Hall–Kier alpha value is -2.43. The number of hydrogen-bond donors (Lipinski definition) is 0. The number of carbonyl (C=O) groups excluding carboxylic acids is 1. The Morgan fingerprint density at radius 2 is 1.76 bits per heavy atom. The third-order valence-electron chi connectivity index (χ3n) is 5.61. The second-order valence-electron chi connectivity index (χ2n) is 7.28. The molecule has 4 rings (SSSR count). The maximum atomic E-state index is 13.1. The molecule has 1 aromatic carbocycles. The van der Waals surface area contributed by atoms with Crippen molar-refractivity contribution in [1.82, 2.24) is 14.9 Å². The molecule has 2 saturated heterocycles. The predicted octanol–water partition coefficient (Wildman–Crippen LogP) is 2.80. The van der Waals surface area contributed by atoms with Gasteiger partial charge in [-0.15, -0.1) is 0 Å². The van der Waals surface area contributed by atoms with E-state index in [9.17, 15) is 4.79 Å². The van der Waals surface area contributed by atoms with E-state index in [-0.39, 0.29) is 5.41 Å². The summed E-state index contributed by atoms with van der Waals surface area (Å²) >= 11 is 0. The molecule has 0 N–H and O–H groups in total. The first-order valence-corrected chi connectivity index (χ1v) is 9.03. The zero-order chi connectivity index (χ0) is 17.3. The van der Waals surface area contributed by atoms with Crippen molar-refractivity contribution in [1.29, 1.82) is 0 Å². The molecule has 0 radical (unpaired) electrons. The van der Waals surface area contributed by atoms with Crippen LogP contribution in [0, 0.1) is 12.3 Å². The maximum Gasteiger partial charge on any atom is 0.229 e. The van der Waals surface area contributed by atoms with E-state index in [1.54, 1.807) is 12.4 Å². The van der Waals surface area contributed by atoms with Gasteiger partial charge >= 0.3 is 0 Å². The second kappa shape index (κ2) is 6.47. The molecular formula is C20H24N4O. The number of rotatable bonds is 3. The number of aryl methyl sites for hydroxylation is 1. The lowest BCUT2D eigenvalue weighted by Crippen LogP contribution is -2.45. The normalized spacial score (nSPS) is 19.6. The number of likely N-dealkylation sites (tertiary alicyclic amines) is 1. The highest BCUT2D eigenvalue weighted by Crippen LogP contribution is 2.42. The summed E-state index contributed by atoms with van der Waals surface area (Å²) in [5.41, 5.74) is 2.30. The number of anilines is 1. The molecule has 1 spiro atoms. The van der Waals surface area contributed by atoms with Gasteiger partial charge < -0.3 is 9.80 Å². The van der Waals surface area contributed by atoms with Crippen LogP contribution >= 0.6 is 0 Å². The molecule has 3 heterocycles. The molecule has 130 valence electrons. The molecule has 25 heavy (non-hydrogen) atoms. The van der Waals surface area contributed by atoms with E-state index in [0.717, 1.165) is 51.4 Å². The van der Waals surface area contributed by atoms with Crippen LogP contribution in [0.15, 0.2) is 42.7 Å². The van der Waals surface area contributed by atoms with Crippen molar-refractivity contribution in [2.45, 2.75) is 32.7 Å². The van der Waals surface area contributed by atoms with Gasteiger partial charge in [-0.25, -0.2) is 9.97 Å². The zero-order valence-electron chi connectivity index (χ0n) is 14.7. The van der Waals surface area contributed by atoms with Crippen molar-refractivity contribution < 1.29 is 4.79 Å². The van der Waals surface area contributed by atoms with Crippen LogP contribution in [-0.4, -0.2) is 40.4 Å². The third kappa shape index (κ3) is 3.11. The Labute approximate surface area is 148 Å². The van der Waals surface area contributed by atoms with Gasteiger partial charge in [0.2, 0.25) is 11.9 Å². The fourth-order valence-electron chi connectivity index (χ4n) is 4.13. The molecule has 2 aliphatic heterocycles. The highest BCUT2D eigenvalue weighted by molar-refractivity contribution is 5.85. The summed E-state index contributed by atoms with van der Waals surface area (Å²) in [5, 5.41) is 0. The zero-order valence-corrected chi connectivity index (χ0v) is 14.7. The van der Waals surface area contributed by atoms with E-state index in [0.29, 0.717) is 5.91 Å². The number of piperidine rings is 1. The largest absolute Gasteiger partial charge is 0.341 e. The van der Waals surface area contributed by atoms with Crippen LogP contribution in [0.3, 0.4) is 0 Å². The molecule has 2 aliphatic rings. The van der Waals surface area contributed by atoms with E-state index < -0.39 is 0 Å². The Kier molecular flexibility index (Phi) is 4.15. The van der Waals surface area contributed by atoms with Crippen LogP contribution in [-0.2, 0) is 11.3 Å². The van der Waals surface area contributed by atoms with Crippen LogP contribution in [0.5, 0.6) is 0 Å². The molecule has 0 bridgehead atoms. The lowest BCUT2D eigenvalue weighted by molar-refractivity contribution is -0.137. The summed E-state index contributed by atoms with van der Waals surface area (Å²) in [5.74, 6) is 1.11. The van der Waals surface area contributed by atoms with Gasteiger partial charge in [-0.05, 0) is 37.8 Å². The first kappa shape index (κ1) is 16.1. The maximum absolute atomic E-state index is 13.1. The van der Waals surface area contributed by atoms with Crippen molar-refractivity contribution in [2.24, 2.45) is 5.41 Å². The van der Waals surface area contributed by atoms with Gasteiger partial charge in [0.05, 0.1) is 5.41 Å². The first-order chi connectivity index (χ1) is 12.2. The number of carbonyl (C=O) groups is 1. The monoisotopic (exact) mass is 336 g/mol. The average molecular weight is 336 g/mol. The van der Waals surface area contributed by atoms with Gasteiger partial charge in [0.1, 0.15) is 0 Å². The minimum absolute atomic E-state index is 0.172. The van der Waals surface area contributed by atoms with Gasteiger partial charge in [0.25, 0.3) is 0 Å². The average Bonchev–Trinajstić information content (AvgIpc) is 2.93. The summed E-state index contributed by atoms with van der Waals surface area (Å²) in [6.45, 7) is 5.41. The Morgan fingerprint density at radius 3 is 2.48 bits per heavy atom. The highest BCUT2D eigenvalue weighted by Gasteiger charge is 2.48. The topological polar surface area (TPSA) is 49.3 Å². The van der Waals surface area contributed by atoms with E-state index in [4.69, 9.17) is 0 Å². The molecule has 1 aromatic heterocycles. The third-order valence-corrected chi connectivity index (χ3v) is 5.61. The van der Waals surface area contributed by atoms with Crippen LogP contribution < -0.4 is 4.90 Å². The second-order valence-corrected chi connectivity index (χ2v) is 7.28. The Balaban J connectivity index is 1.42. The van der Waals surface area contributed by atoms with Gasteiger partial charge in [-0.3, -0.25) is 4.79 Å². The van der Waals surface area contributed by atoms with Gasteiger partial charge in [0.15, 0.2) is 0 Å². The SMILES string of the molecule is Cc1cccc(CN2CCC3(CCN(c4ncccn4)CC3)C2=O)c1. The smallest absolute Gasteiger partial charge is 0.229 e. The lowest BCUT2D eigenvalue weighted by Gasteiger charge is -2.37. The summed E-state index contributed by atoms with van der Waals surface area (Å²) in [7, 11) is 0. The highest BCUT2D eigenvalue weighted by atomic mass is 16.2. The van der Waals surface area contributed by atoms with Gasteiger partial charge in [-0.1, -0.05) is 29.8 Å². The molecule has 0 atom stereocenters. The molecule has 2 fully saturated rings. The van der Waals surface area contributed by atoms with E-state index >= 15 is 0 Å². The molecular weight excluding hydrogens is 312 g/mol. The number of amides is 1. The van der Waals surface area contributed by atoms with E-state index in [2.05, 4.69) is 46.1 Å². The van der Waals surface area contributed by atoms with E-state index in [1.807, 2.05) is 11.0 Å². The first-order valence-electron chi connectivity index (χ1n) is 9.03. The Morgan fingerprint density at radius 1 is 1.04 bits per heavy atom. The van der Waals surface area contributed by atoms with Gasteiger partial charge in [0, 0.05) is 38.6 Å². The molecule has 0 saturated carbocycles. The fourth-order valence-corrected chi connectivity index (χ4v) is 4.13. The number of aromatic nitrogens is 2. The van der Waals surface area contributed by atoms with Crippen molar-refractivity contribution in [3.63, 3.8) is 0 Å². The molecule has 0 unspecified atom stereocenters. The summed E-state index contributed by atoms with van der Waals surface area (Å²) < 4.78 is 0. The van der Waals surface area contributed by atoms with Gasteiger partial charge in [-0.2, -0.15) is 0 Å². The predicted molar refractivity (Wildman–Crippen MR) is 97.1 cm³/mol. The summed E-state index contributed by atoms with van der Waals surface area (Å²) in [4.78, 5) is 26.0. The molecule has 5 nitrogen and oxygen atoms in total. The van der Waals surface area contributed by atoms with Crippen molar-refractivity contribution in [2.75, 3.05) is 24.5 Å². The summed E-state index contributed by atoms with van der Waals surface area (Å²) in [6.07, 6.45) is 6.32. The lowest BCUT2D eigenvalue weighted by atomic mass is 9.77. The van der Waals surface area contributed by atoms with Crippen molar-refractivity contribution in [3.05, 3.63) is 53.9 Å². The molecule has 2 aromatic rings. The minimum atomic E-state index is -0.172. The quantitative estimate of drug-likeness (QED) is 0.865. The number of hydrogen-bond acceptors (Lipinski definition) is 4. The fraction of sp³-hybridized carbons (Fsp3) is 0.450. The van der Waals surface area contributed by atoms with Crippen LogP contribution in [0.4, 0.5) is 5.95 Å². The molecule has 0 aliphatic carbocycles.